The molecular formula is C11H17ClN2O2S2. The van der Waals surface area contributed by atoms with Gasteiger partial charge in [0.1, 0.15) is 0 Å². The van der Waals surface area contributed by atoms with Gasteiger partial charge in [-0.15, -0.1) is 0 Å². The maximum Gasteiger partial charge on any atom is 0.251 e. The summed E-state index contributed by atoms with van der Waals surface area (Å²) >= 11 is 6.62. The summed E-state index contributed by atoms with van der Waals surface area (Å²) in [5.74, 6) is 0.350. The predicted octanol–water partition coefficient (Wildman–Crippen LogP) is 2.76. The Morgan fingerprint density at radius 2 is 1.94 bits per heavy atom. The van der Waals surface area contributed by atoms with Gasteiger partial charge in [0, 0.05) is 6.54 Å². The molecular weight excluding hydrogens is 292 g/mol. The molecule has 1 fully saturated rings. The van der Waals surface area contributed by atoms with Gasteiger partial charge in [-0.2, -0.15) is 0 Å². The molecule has 7 heteroatoms. The first-order chi connectivity index (χ1) is 8.09. The molecule has 1 aliphatic rings. The highest BCUT2D eigenvalue weighted by molar-refractivity contribution is 7.91. The van der Waals surface area contributed by atoms with Crippen molar-refractivity contribution in [3.05, 3.63) is 10.7 Å². The zero-order valence-electron chi connectivity index (χ0n) is 10.8. The summed E-state index contributed by atoms with van der Waals surface area (Å²) in [6.07, 6.45) is 1.29. The lowest BCUT2D eigenvalue weighted by molar-refractivity contribution is 0.457. The summed E-state index contributed by atoms with van der Waals surface area (Å²) in [6.45, 7) is 9.11. The number of hydrogen-bond acceptors (Lipinski definition) is 4. The quantitative estimate of drug-likeness (QED) is 0.930. The van der Waals surface area contributed by atoms with Crippen LogP contribution in [0.1, 0.15) is 27.7 Å². The fourth-order valence-electron chi connectivity index (χ4n) is 2.47. The number of thiazole rings is 1. The van der Waals surface area contributed by atoms with E-state index in [0.29, 0.717) is 12.5 Å². The minimum atomic E-state index is -3.47. The molecule has 102 valence electrons. The van der Waals surface area contributed by atoms with E-state index in [1.54, 1.807) is 0 Å². The molecule has 2 rings (SSSR count). The van der Waals surface area contributed by atoms with E-state index in [1.807, 2.05) is 0 Å². The minimum absolute atomic E-state index is 0.168. The fourth-order valence-corrected chi connectivity index (χ4v) is 4.86. The molecule has 4 nitrogen and oxygen atoms in total. The normalized spacial score (nSPS) is 22.1. The Morgan fingerprint density at radius 1 is 1.39 bits per heavy atom. The summed E-state index contributed by atoms with van der Waals surface area (Å²) in [6, 6.07) is 0. The summed E-state index contributed by atoms with van der Waals surface area (Å²) in [4.78, 5) is 3.75. The molecule has 1 heterocycles. The molecule has 1 aliphatic carbocycles. The van der Waals surface area contributed by atoms with Crippen LogP contribution in [0.15, 0.2) is 10.4 Å². The van der Waals surface area contributed by atoms with Gasteiger partial charge in [0.25, 0.3) is 10.0 Å². The molecule has 1 N–H and O–H groups in total. The first-order valence-corrected chi connectivity index (χ1v) is 8.38. The van der Waals surface area contributed by atoms with Crippen molar-refractivity contribution < 1.29 is 8.42 Å². The average Bonchev–Trinajstić information content (AvgIpc) is 2.57. The zero-order valence-corrected chi connectivity index (χ0v) is 13.2. The van der Waals surface area contributed by atoms with Gasteiger partial charge in [0.2, 0.25) is 0 Å². The van der Waals surface area contributed by atoms with Gasteiger partial charge >= 0.3 is 0 Å². The highest BCUT2D eigenvalue weighted by Crippen LogP contribution is 2.67. The van der Waals surface area contributed by atoms with Crippen LogP contribution in [0.2, 0.25) is 4.47 Å². The Kier molecular flexibility index (Phi) is 3.29. The molecule has 1 saturated carbocycles. The lowest BCUT2D eigenvalue weighted by Crippen LogP contribution is -2.26. The molecule has 0 amide bonds. The highest BCUT2D eigenvalue weighted by Gasteiger charge is 2.64. The maximum atomic E-state index is 12.0. The number of hydrogen-bond donors (Lipinski definition) is 1. The summed E-state index contributed by atoms with van der Waals surface area (Å²) < 4.78 is 27.1. The van der Waals surface area contributed by atoms with E-state index in [0.717, 1.165) is 11.3 Å². The lowest BCUT2D eigenvalue weighted by Gasteiger charge is -2.05. The van der Waals surface area contributed by atoms with Crippen molar-refractivity contribution in [3.8, 4) is 0 Å². The molecule has 0 saturated heterocycles. The van der Waals surface area contributed by atoms with Crippen LogP contribution in [-0.2, 0) is 10.0 Å². The lowest BCUT2D eigenvalue weighted by atomic mass is 10.0. The summed E-state index contributed by atoms with van der Waals surface area (Å²) in [5.41, 5.74) is 0.335. The fraction of sp³-hybridized carbons (Fsp3) is 0.727. The molecule has 0 aliphatic heterocycles. The number of rotatable bonds is 4. The van der Waals surface area contributed by atoms with E-state index < -0.39 is 10.0 Å². The second-order valence-corrected chi connectivity index (χ2v) is 9.39. The molecule has 0 unspecified atom stereocenters. The molecule has 0 spiro atoms. The standard InChI is InChI=1S/C11H17ClN2O2S2/c1-10(2)7(11(10,3)4)5-14-18(15,16)8-6-13-9(12)17-8/h6-7,14H,5H2,1-4H3. The van der Waals surface area contributed by atoms with Gasteiger partial charge in [0.05, 0.1) is 6.20 Å². The van der Waals surface area contributed by atoms with E-state index >= 15 is 0 Å². The molecule has 0 bridgehead atoms. The predicted molar refractivity (Wildman–Crippen MR) is 73.4 cm³/mol. The van der Waals surface area contributed by atoms with Crippen LogP contribution >= 0.6 is 22.9 Å². The monoisotopic (exact) mass is 308 g/mol. The molecule has 0 atom stereocenters. The van der Waals surface area contributed by atoms with Crippen LogP contribution in [0.3, 0.4) is 0 Å². The molecule has 1 aromatic heterocycles. The number of halogens is 1. The highest BCUT2D eigenvalue weighted by atomic mass is 35.5. The second-order valence-electron chi connectivity index (χ2n) is 5.78. The van der Waals surface area contributed by atoms with E-state index in [2.05, 4.69) is 37.4 Å². The van der Waals surface area contributed by atoms with E-state index in [-0.39, 0.29) is 19.5 Å². The van der Waals surface area contributed by atoms with Gasteiger partial charge in [-0.25, -0.2) is 18.1 Å². The third kappa shape index (κ3) is 2.19. The van der Waals surface area contributed by atoms with Crippen molar-refractivity contribution >= 4 is 33.0 Å². The number of nitrogens with zero attached hydrogens (tertiary/aromatic N) is 1. The summed E-state index contributed by atoms with van der Waals surface area (Å²) in [5, 5.41) is 0. The van der Waals surface area contributed by atoms with Crippen LogP contribution < -0.4 is 4.72 Å². The van der Waals surface area contributed by atoms with Crippen molar-refractivity contribution in [2.75, 3.05) is 6.54 Å². The third-order valence-corrected chi connectivity index (χ3v) is 7.52. The Hall–Kier alpha value is -0.170. The third-order valence-electron chi connectivity index (χ3n) is 4.52. The Morgan fingerprint density at radius 3 is 2.33 bits per heavy atom. The average molecular weight is 309 g/mol. The van der Waals surface area contributed by atoms with Crippen molar-refractivity contribution in [2.24, 2.45) is 16.7 Å². The van der Waals surface area contributed by atoms with Crippen molar-refractivity contribution in [3.63, 3.8) is 0 Å². The van der Waals surface area contributed by atoms with Crippen molar-refractivity contribution in [1.82, 2.24) is 9.71 Å². The van der Waals surface area contributed by atoms with Gasteiger partial charge < -0.3 is 0 Å². The number of nitrogens with one attached hydrogen (secondary N) is 1. The SMILES string of the molecule is CC1(C)C(CNS(=O)(=O)c2cnc(Cl)s2)C1(C)C. The Bertz CT molecular complexity index is 549. The minimum Gasteiger partial charge on any atom is -0.232 e. The maximum absolute atomic E-state index is 12.0. The van der Waals surface area contributed by atoms with E-state index in [9.17, 15) is 8.42 Å². The number of sulfonamides is 1. The van der Waals surface area contributed by atoms with Gasteiger partial charge in [0.15, 0.2) is 8.68 Å². The molecule has 1 aromatic rings. The van der Waals surface area contributed by atoms with Gasteiger partial charge in [-0.1, -0.05) is 50.6 Å². The molecule has 18 heavy (non-hydrogen) atoms. The first kappa shape index (κ1) is 14.2. The van der Waals surface area contributed by atoms with Crippen molar-refractivity contribution in [2.45, 2.75) is 31.9 Å². The van der Waals surface area contributed by atoms with Crippen LogP contribution in [0, 0.1) is 16.7 Å². The van der Waals surface area contributed by atoms with Crippen LogP contribution in [0.5, 0.6) is 0 Å². The topological polar surface area (TPSA) is 59.1 Å². The Labute approximate surface area is 117 Å². The Balaban J connectivity index is 2.04. The first-order valence-electron chi connectivity index (χ1n) is 5.70. The van der Waals surface area contributed by atoms with Gasteiger partial charge in [-0.05, 0) is 16.7 Å². The van der Waals surface area contributed by atoms with Crippen LogP contribution in [0.4, 0.5) is 0 Å². The van der Waals surface area contributed by atoms with Crippen LogP contribution in [-0.4, -0.2) is 19.9 Å². The zero-order chi connectivity index (χ0) is 13.8. The second kappa shape index (κ2) is 4.16. The summed E-state index contributed by atoms with van der Waals surface area (Å²) in [7, 11) is -3.47. The molecule has 0 radical (unpaired) electrons. The van der Waals surface area contributed by atoms with Crippen LogP contribution in [0.25, 0.3) is 0 Å². The van der Waals surface area contributed by atoms with E-state index in [1.165, 1.54) is 6.20 Å². The van der Waals surface area contributed by atoms with Gasteiger partial charge in [-0.3, -0.25) is 0 Å². The molecule has 0 aromatic carbocycles. The van der Waals surface area contributed by atoms with E-state index in [4.69, 9.17) is 11.6 Å². The largest absolute Gasteiger partial charge is 0.251 e. The smallest absolute Gasteiger partial charge is 0.232 e. The van der Waals surface area contributed by atoms with Crippen molar-refractivity contribution in [1.29, 1.82) is 0 Å². The number of aromatic nitrogens is 1.